The number of imidazole rings is 1. The smallest absolute Gasteiger partial charge is 0.271 e. The number of H-pyrrole nitrogens is 1. The summed E-state index contributed by atoms with van der Waals surface area (Å²) < 4.78 is 12.3. The van der Waals surface area contributed by atoms with Crippen LogP contribution in [0.2, 0.25) is 0 Å². The number of halogens is 1. The van der Waals surface area contributed by atoms with Gasteiger partial charge in [-0.3, -0.25) is 9.18 Å². The van der Waals surface area contributed by atoms with Crippen molar-refractivity contribution in [1.29, 1.82) is 0 Å². The van der Waals surface area contributed by atoms with Crippen molar-refractivity contribution in [3.05, 3.63) is 23.5 Å². The zero-order chi connectivity index (χ0) is 12.5. The molecule has 2 heterocycles. The maximum atomic E-state index is 12.3. The number of nitrogens with zero attached hydrogens (tertiary/aromatic N) is 2. The number of aromatic nitrogens is 3. The highest BCUT2D eigenvalue weighted by Gasteiger charge is 2.38. The fraction of sp³-hybridized carbons (Fsp3) is 0.364. The summed E-state index contributed by atoms with van der Waals surface area (Å²) in [6.45, 7) is -0.375. The molecule has 1 saturated carbocycles. The van der Waals surface area contributed by atoms with Crippen LogP contribution in [0.15, 0.2) is 17.8 Å². The summed E-state index contributed by atoms with van der Waals surface area (Å²) in [5.74, 6) is 0.384. The molecule has 0 unspecified atom stereocenters. The molecule has 2 atom stereocenters. The number of rotatable bonds is 4. The third-order valence-corrected chi connectivity index (χ3v) is 3.72. The molecule has 0 aliphatic heterocycles. The first-order valence-corrected chi connectivity index (χ1v) is 6.48. The standard InChI is InChI=1S/C11H11FN4OS/c12-4-6-3-7(6)15-10(17)8-5-18-11(16-8)9-13-1-2-14-9/h1-2,5-7H,3-4H2,(H,13,14)(H,15,17)/t6-,7+/m0/s1. The average Bonchev–Trinajstić information content (AvgIpc) is 2.85. The van der Waals surface area contributed by atoms with Crippen molar-refractivity contribution in [2.45, 2.75) is 12.5 Å². The number of thiazole rings is 1. The highest BCUT2D eigenvalue weighted by Crippen LogP contribution is 2.31. The van der Waals surface area contributed by atoms with E-state index in [0.29, 0.717) is 16.5 Å². The van der Waals surface area contributed by atoms with Crippen molar-refractivity contribution in [1.82, 2.24) is 20.3 Å². The fourth-order valence-corrected chi connectivity index (χ4v) is 2.46. The van der Waals surface area contributed by atoms with E-state index in [0.717, 1.165) is 6.42 Å². The summed E-state index contributed by atoms with van der Waals surface area (Å²) in [6.07, 6.45) is 4.05. The van der Waals surface area contributed by atoms with E-state index in [9.17, 15) is 9.18 Å². The zero-order valence-corrected chi connectivity index (χ0v) is 10.2. The lowest BCUT2D eigenvalue weighted by Crippen LogP contribution is -2.27. The molecule has 94 valence electrons. The van der Waals surface area contributed by atoms with Gasteiger partial charge in [-0.2, -0.15) is 0 Å². The van der Waals surface area contributed by atoms with Crippen LogP contribution in [0.5, 0.6) is 0 Å². The third-order valence-electron chi connectivity index (χ3n) is 2.87. The van der Waals surface area contributed by atoms with Gasteiger partial charge >= 0.3 is 0 Å². The summed E-state index contributed by atoms with van der Waals surface area (Å²) in [4.78, 5) is 23.0. The Balaban J connectivity index is 1.68. The highest BCUT2D eigenvalue weighted by molar-refractivity contribution is 7.13. The molecule has 5 nitrogen and oxygen atoms in total. The molecule has 1 amide bonds. The molecule has 0 saturated heterocycles. The molecule has 7 heteroatoms. The molecule has 3 rings (SSSR count). The van der Waals surface area contributed by atoms with Crippen molar-refractivity contribution >= 4 is 17.2 Å². The lowest BCUT2D eigenvalue weighted by Gasteiger charge is -1.99. The summed E-state index contributed by atoms with van der Waals surface area (Å²) in [7, 11) is 0. The monoisotopic (exact) mass is 266 g/mol. The normalized spacial score (nSPS) is 21.8. The summed E-state index contributed by atoms with van der Waals surface area (Å²) in [5.41, 5.74) is 0.357. The predicted molar refractivity (Wildman–Crippen MR) is 65.0 cm³/mol. The van der Waals surface area contributed by atoms with E-state index in [4.69, 9.17) is 0 Å². The van der Waals surface area contributed by atoms with Gasteiger partial charge in [0.25, 0.3) is 5.91 Å². The minimum atomic E-state index is -0.375. The molecule has 2 aromatic rings. The Hall–Kier alpha value is -1.76. The number of carbonyl (C=O) groups is 1. The lowest BCUT2D eigenvalue weighted by molar-refractivity contribution is 0.0944. The van der Waals surface area contributed by atoms with Crippen LogP contribution in [0, 0.1) is 5.92 Å². The first-order valence-electron chi connectivity index (χ1n) is 5.60. The molecule has 18 heavy (non-hydrogen) atoms. The molecule has 0 bridgehead atoms. The molecular formula is C11H11FN4OS. The Morgan fingerprint density at radius 2 is 2.56 bits per heavy atom. The Morgan fingerprint density at radius 1 is 1.67 bits per heavy atom. The van der Waals surface area contributed by atoms with Crippen molar-refractivity contribution in [3.8, 4) is 10.8 Å². The molecule has 2 aromatic heterocycles. The van der Waals surface area contributed by atoms with Crippen LogP contribution in [-0.2, 0) is 0 Å². The van der Waals surface area contributed by atoms with E-state index in [-0.39, 0.29) is 24.5 Å². The summed E-state index contributed by atoms with van der Waals surface area (Å²) >= 11 is 1.35. The minimum Gasteiger partial charge on any atom is -0.348 e. The average molecular weight is 266 g/mol. The van der Waals surface area contributed by atoms with Gasteiger partial charge in [0.2, 0.25) is 0 Å². The molecule has 1 aliphatic rings. The van der Waals surface area contributed by atoms with Crippen LogP contribution in [0.1, 0.15) is 16.9 Å². The van der Waals surface area contributed by atoms with Gasteiger partial charge in [0, 0.05) is 29.7 Å². The Bertz CT molecular complexity index is 553. The number of alkyl halides is 1. The second kappa shape index (κ2) is 4.49. The van der Waals surface area contributed by atoms with Crippen LogP contribution in [0.4, 0.5) is 4.39 Å². The highest BCUT2D eigenvalue weighted by atomic mass is 32.1. The van der Waals surface area contributed by atoms with Crippen LogP contribution in [-0.4, -0.2) is 33.6 Å². The number of hydrogen-bond acceptors (Lipinski definition) is 4. The number of amides is 1. The van der Waals surface area contributed by atoms with E-state index in [1.807, 2.05) is 0 Å². The van der Waals surface area contributed by atoms with Gasteiger partial charge in [-0.15, -0.1) is 11.3 Å². The van der Waals surface area contributed by atoms with Gasteiger partial charge in [0.05, 0.1) is 6.67 Å². The first-order chi connectivity index (χ1) is 8.78. The fourth-order valence-electron chi connectivity index (χ4n) is 1.71. The van der Waals surface area contributed by atoms with Crippen molar-refractivity contribution in [2.75, 3.05) is 6.67 Å². The van der Waals surface area contributed by atoms with Crippen molar-refractivity contribution in [2.24, 2.45) is 5.92 Å². The molecule has 1 aliphatic carbocycles. The predicted octanol–water partition coefficient (Wildman–Crippen LogP) is 1.62. The largest absolute Gasteiger partial charge is 0.348 e. The molecule has 0 aromatic carbocycles. The Morgan fingerprint density at radius 3 is 3.22 bits per heavy atom. The number of aromatic amines is 1. The van der Waals surface area contributed by atoms with Crippen LogP contribution in [0.3, 0.4) is 0 Å². The Labute approximate surface area is 106 Å². The van der Waals surface area contributed by atoms with E-state index < -0.39 is 0 Å². The number of hydrogen-bond donors (Lipinski definition) is 2. The second-order valence-electron chi connectivity index (χ2n) is 4.21. The zero-order valence-electron chi connectivity index (χ0n) is 9.39. The van der Waals surface area contributed by atoms with Crippen molar-refractivity contribution < 1.29 is 9.18 Å². The van der Waals surface area contributed by atoms with E-state index >= 15 is 0 Å². The lowest BCUT2D eigenvalue weighted by atomic mass is 10.4. The molecule has 2 N–H and O–H groups in total. The number of carbonyl (C=O) groups excluding carboxylic acids is 1. The van der Waals surface area contributed by atoms with Crippen molar-refractivity contribution in [3.63, 3.8) is 0 Å². The van der Waals surface area contributed by atoms with Gasteiger partial charge in [0.1, 0.15) is 5.69 Å². The van der Waals surface area contributed by atoms with Gasteiger partial charge in [-0.05, 0) is 6.42 Å². The second-order valence-corrected chi connectivity index (χ2v) is 5.06. The SMILES string of the molecule is O=C(N[C@@H]1C[C@H]1CF)c1csc(-c2ncc[nH]2)n1. The van der Waals surface area contributed by atoms with Gasteiger partial charge in [-0.25, -0.2) is 9.97 Å². The summed E-state index contributed by atoms with van der Waals surface area (Å²) in [6, 6.07) is -0.0312. The van der Waals surface area contributed by atoms with Crippen LogP contribution < -0.4 is 5.32 Å². The van der Waals surface area contributed by atoms with E-state index in [1.165, 1.54) is 11.3 Å². The molecular weight excluding hydrogens is 255 g/mol. The maximum Gasteiger partial charge on any atom is 0.271 e. The van der Waals surface area contributed by atoms with Gasteiger partial charge in [0.15, 0.2) is 10.8 Å². The number of nitrogens with one attached hydrogen (secondary N) is 2. The van der Waals surface area contributed by atoms with Gasteiger partial charge in [-0.1, -0.05) is 0 Å². The Kier molecular flexibility index (Phi) is 2.83. The van der Waals surface area contributed by atoms with Gasteiger partial charge < -0.3 is 10.3 Å². The summed E-state index contributed by atoms with van der Waals surface area (Å²) in [5, 5.41) is 5.11. The molecule has 0 radical (unpaired) electrons. The topological polar surface area (TPSA) is 70.7 Å². The van der Waals surface area contributed by atoms with Crippen LogP contribution >= 0.6 is 11.3 Å². The third kappa shape index (κ3) is 2.13. The van der Waals surface area contributed by atoms with Crippen LogP contribution in [0.25, 0.3) is 10.8 Å². The minimum absolute atomic E-state index is 0.0165. The molecule has 1 fully saturated rings. The molecule has 0 spiro atoms. The maximum absolute atomic E-state index is 12.3. The quantitative estimate of drug-likeness (QED) is 0.883. The van der Waals surface area contributed by atoms with E-state index in [2.05, 4.69) is 20.3 Å². The van der Waals surface area contributed by atoms with E-state index in [1.54, 1.807) is 17.8 Å². The first kappa shape index (κ1) is 11.3.